The summed E-state index contributed by atoms with van der Waals surface area (Å²) in [5.41, 5.74) is -0.193. The van der Waals surface area contributed by atoms with E-state index in [-0.39, 0.29) is 15.5 Å². The highest BCUT2D eigenvalue weighted by atomic mass is 32.2. The van der Waals surface area contributed by atoms with Crippen molar-refractivity contribution in [3.05, 3.63) is 64.7 Å². The SMILES string of the molecule is O=[N+]([O-])c1c[c]c(S(=O)(=O)c2ccccc2)cc1. The predicted octanol–water partition coefficient (Wildman–Crippen LogP) is 2.23. The molecular weight excluding hydrogens is 254 g/mol. The molecule has 0 aliphatic heterocycles. The summed E-state index contributed by atoms with van der Waals surface area (Å²) in [5.74, 6) is 0. The molecule has 6 heteroatoms. The van der Waals surface area contributed by atoms with Gasteiger partial charge in [0.1, 0.15) is 0 Å². The van der Waals surface area contributed by atoms with E-state index in [9.17, 15) is 18.5 Å². The van der Waals surface area contributed by atoms with E-state index >= 15 is 0 Å². The van der Waals surface area contributed by atoms with Crippen LogP contribution in [0.2, 0.25) is 0 Å². The molecule has 5 nitrogen and oxygen atoms in total. The van der Waals surface area contributed by atoms with Crippen LogP contribution in [-0.2, 0) is 9.84 Å². The fraction of sp³-hybridized carbons (Fsp3) is 0. The van der Waals surface area contributed by atoms with Crippen molar-refractivity contribution in [2.24, 2.45) is 0 Å². The summed E-state index contributed by atoms with van der Waals surface area (Å²) in [5, 5.41) is 10.5. The largest absolute Gasteiger partial charge is 0.270 e. The van der Waals surface area contributed by atoms with Crippen LogP contribution >= 0.6 is 0 Å². The third-order valence-electron chi connectivity index (χ3n) is 2.32. The van der Waals surface area contributed by atoms with Gasteiger partial charge in [-0.15, -0.1) is 0 Å². The molecule has 0 N–H and O–H groups in total. The van der Waals surface area contributed by atoms with Gasteiger partial charge in [-0.3, -0.25) is 10.1 Å². The standard InChI is InChI=1S/C12H8NO4S/c14-13(15)10-6-8-12(9-7-10)18(16,17)11-4-2-1-3-5-11/h1-8H. The Bertz CT molecular complexity index is 663. The summed E-state index contributed by atoms with van der Waals surface area (Å²) < 4.78 is 24.2. The molecule has 18 heavy (non-hydrogen) atoms. The highest BCUT2D eigenvalue weighted by molar-refractivity contribution is 7.91. The zero-order valence-electron chi connectivity index (χ0n) is 9.11. The first-order chi connectivity index (χ1) is 8.51. The molecule has 0 heterocycles. The third-order valence-corrected chi connectivity index (χ3v) is 4.05. The van der Waals surface area contributed by atoms with Crippen LogP contribution in [0.5, 0.6) is 0 Å². The normalized spacial score (nSPS) is 11.1. The Morgan fingerprint density at radius 1 is 1.06 bits per heavy atom. The first-order valence-corrected chi connectivity index (χ1v) is 6.46. The highest BCUT2D eigenvalue weighted by Gasteiger charge is 2.18. The van der Waals surface area contributed by atoms with Gasteiger partial charge in [-0.1, -0.05) is 18.2 Å². The van der Waals surface area contributed by atoms with Gasteiger partial charge < -0.3 is 0 Å². The van der Waals surface area contributed by atoms with Crippen molar-refractivity contribution in [2.75, 3.05) is 0 Å². The minimum atomic E-state index is -3.66. The second kappa shape index (κ2) is 4.58. The van der Waals surface area contributed by atoms with Crippen molar-refractivity contribution in [2.45, 2.75) is 9.79 Å². The average molecular weight is 262 g/mol. The minimum absolute atomic E-state index is 0.0840. The molecule has 91 valence electrons. The molecule has 0 aliphatic rings. The van der Waals surface area contributed by atoms with E-state index in [1.54, 1.807) is 18.2 Å². The van der Waals surface area contributed by atoms with Crippen LogP contribution in [0.4, 0.5) is 5.69 Å². The van der Waals surface area contributed by atoms with Gasteiger partial charge in [0.05, 0.1) is 14.7 Å². The second-order valence-electron chi connectivity index (χ2n) is 3.48. The number of rotatable bonds is 3. The van der Waals surface area contributed by atoms with Crippen molar-refractivity contribution in [3.8, 4) is 0 Å². The summed E-state index contributed by atoms with van der Waals surface area (Å²) in [6.07, 6.45) is 0. The van der Waals surface area contributed by atoms with E-state index in [0.717, 1.165) is 12.1 Å². The van der Waals surface area contributed by atoms with Crippen molar-refractivity contribution in [1.29, 1.82) is 0 Å². The van der Waals surface area contributed by atoms with Gasteiger partial charge in [-0.2, -0.15) is 0 Å². The van der Waals surface area contributed by atoms with Gasteiger partial charge in [0, 0.05) is 18.2 Å². The number of non-ortho nitro benzene ring substituents is 1. The molecule has 0 amide bonds. The van der Waals surface area contributed by atoms with Crippen LogP contribution < -0.4 is 0 Å². The molecular formula is C12H8NO4S. The van der Waals surface area contributed by atoms with Gasteiger partial charge in [0.2, 0.25) is 9.84 Å². The first-order valence-electron chi connectivity index (χ1n) is 4.98. The number of hydrogen-bond donors (Lipinski definition) is 0. The summed E-state index contributed by atoms with van der Waals surface area (Å²) in [6, 6.07) is 13.7. The van der Waals surface area contributed by atoms with Gasteiger partial charge in [0.15, 0.2) is 0 Å². The van der Waals surface area contributed by atoms with Gasteiger partial charge in [-0.05, 0) is 18.2 Å². The Kier molecular flexibility index (Phi) is 3.12. The quantitative estimate of drug-likeness (QED) is 0.627. The van der Waals surface area contributed by atoms with E-state index in [0.29, 0.717) is 0 Å². The van der Waals surface area contributed by atoms with E-state index in [1.165, 1.54) is 18.2 Å². The van der Waals surface area contributed by atoms with Crippen molar-refractivity contribution < 1.29 is 13.3 Å². The van der Waals surface area contributed by atoms with Crippen LogP contribution in [0.3, 0.4) is 0 Å². The molecule has 0 fully saturated rings. The van der Waals surface area contributed by atoms with Crippen LogP contribution in [0.25, 0.3) is 0 Å². The molecule has 2 aromatic rings. The molecule has 2 rings (SSSR count). The first kappa shape index (κ1) is 12.3. The van der Waals surface area contributed by atoms with Crippen molar-refractivity contribution in [1.82, 2.24) is 0 Å². The van der Waals surface area contributed by atoms with Crippen molar-refractivity contribution in [3.63, 3.8) is 0 Å². The summed E-state index contributed by atoms with van der Waals surface area (Å²) >= 11 is 0. The summed E-state index contributed by atoms with van der Waals surface area (Å²) in [6.45, 7) is 0. The Morgan fingerprint density at radius 3 is 2.22 bits per heavy atom. The van der Waals surface area contributed by atoms with Crippen LogP contribution in [-0.4, -0.2) is 13.3 Å². The number of hydrogen-bond acceptors (Lipinski definition) is 4. The molecule has 0 aromatic heterocycles. The molecule has 0 atom stereocenters. The molecule has 0 spiro atoms. The van der Waals surface area contributed by atoms with Crippen LogP contribution in [0.15, 0.2) is 58.3 Å². The maximum atomic E-state index is 12.1. The molecule has 2 aromatic carbocycles. The monoisotopic (exact) mass is 262 g/mol. The minimum Gasteiger partial charge on any atom is -0.258 e. The number of nitro benzene ring substituents is 1. The third kappa shape index (κ3) is 2.23. The lowest BCUT2D eigenvalue weighted by Crippen LogP contribution is -2.02. The molecule has 0 saturated carbocycles. The fourth-order valence-electron chi connectivity index (χ4n) is 1.41. The van der Waals surface area contributed by atoms with Crippen LogP contribution in [0, 0.1) is 16.2 Å². The Hall–Kier alpha value is -2.21. The molecule has 0 aliphatic carbocycles. The number of benzene rings is 2. The van der Waals surface area contributed by atoms with E-state index in [4.69, 9.17) is 0 Å². The summed E-state index contributed by atoms with van der Waals surface area (Å²) in [4.78, 5) is 9.92. The van der Waals surface area contributed by atoms with E-state index in [2.05, 4.69) is 6.07 Å². The van der Waals surface area contributed by atoms with Crippen LogP contribution in [0.1, 0.15) is 0 Å². The zero-order valence-corrected chi connectivity index (χ0v) is 9.92. The average Bonchev–Trinajstić information content (AvgIpc) is 2.40. The maximum absolute atomic E-state index is 12.1. The predicted molar refractivity (Wildman–Crippen MR) is 63.8 cm³/mol. The zero-order chi connectivity index (χ0) is 13.2. The molecule has 1 radical (unpaired) electrons. The van der Waals surface area contributed by atoms with Gasteiger partial charge in [0.25, 0.3) is 5.69 Å². The van der Waals surface area contributed by atoms with E-state index < -0.39 is 14.8 Å². The van der Waals surface area contributed by atoms with Gasteiger partial charge in [-0.25, -0.2) is 8.42 Å². The fourth-order valence-corrected chi connectivity index (χ4v) is 2.64. The van der Waals surface area contributed by atoms with E-state index in [1.807, 2.05) is 0 Å². The Labute approximate surface area is 104 Å². The lowest BCUT2D eigenvalue weighted by Gasteiger charge is -2.03. The second-order valence-corrected chi connectivity index (χ2v) is 5.40. The number of nitro groups is 1. The molecule has 0 bridgehead atoms. The van der Waals surface area contributed by atoms with Crippen molar-refractivity contribution >= 4 is 15.5 Å². The lowest BCUT2D eigenvalue weighted by atomic mass is 10.3. The number of sulfone groups is 1. The summed E-state index contributed by atoms with van der Waals surface area (Å²) in [7, 11) is -3.66. The smallest absolute Gasteiger partial charge is 0.258 e. The molecule has 0 unspecified atom stereocenters. The maximum Gasteiger partial charge on any atom is 0.270 e. The van der Waals surface area contributed by atoms with Gasteiger partial charge >= 0.3 is 0 Å². The Morgan fingerprint density at radius 2 is 1.72 bits per heavy atom. The number of nitrogens with zero attached hydrogens (tertiary/aromatic N) is 1. The Balaban J connectivity index is 2.46. The lowest BCUT2D eigenvalue weighted by molar-refractivity contribution is -0.384. The topological polar surface area (TPSA) is 77.3 Å². The highest BCUT2D eigenvalue weighted by Crippen LogP contribution is 2.22. The molecule has 0 saturated heterocycles.